The first-order valence-corrected chi connectivity index (χ1v) is 7.21. The van der Waals surface area contributed by atoms with Gasteiger partial charge in [0.2, 0.25) is 0 Å². The van der Waals surface area contributed by atoms with E-state index in [4.69, 9.17) is 0 Å². The molecule has 4 aliphatic rings. The monoisotopic (exact) mass is 256 g/mol. The molecule has 0 amide bonds. The standard InChI is InChI=1S/C20H16/c1-2-6-12-17-16(11-5-1)18-13-7-3-4-9-15-10-8-14-19(17)20(15)18/h1-7,9,11-14H,8,10H2/b2-1-,4-3?,5-1?,6-2?,7-3?,9-4?,11-5-,12-6?,13-7?,15-9?,16-11?,17-12?,18-13?. The third kappa shape index (κ3) is 1.69. The minimum atomic E-state index is 1.14. The van der Waals surface area contributed by atoms with Crippen molar-refractivity contribution in [3.63, 3.8) is 0 Å². The molecule has 0 N–H and O–H groups in total. The van der Waals surface area contributed by atoms with E-state index in [9.17, 15) is 0 Å². The molecule has 20 heavy (non-hydrogen) atoms. The van der Waals surface area contributed by atoms with Crippen molar-refractivity contribution in [1.29, 1.82) is 0 Å². The lowest BCUT2D eigenvalue weighted by Crippen LogP contribution is -1.99. The van der Waals surface area contributed by atoms with Gasteiger partial charge >= 0.3 is 0 Å². The summed E-state index contributed by atoms with van der Waals surface area (Å²) in [6.07, 6.45) is 28.6. The van der Waals surface area contributed by atoms with Crippen molar-refractivity contribution >= 4 is 0 Å². The van der Waals surface area contributed by atoms with Gasteiger partial charge in [-0.1, -0.05) is 72.9 Å². The van der Waals surface area contributed by atoms with Gasteiger partial charge in [0, 0.05) is 0 Å². The van der Waals surface area contributed by atoms with Crippen LogP contribution in [0.1, 0.15) is 12.8 Å². The molecule has 0 aliphatic heterocycles. The highest BCUT2D eigenvalue weighted by Crippen LogP contribution is 2.47. The highest BCUT2D eigenvalue weighted by Gasteiger charge is 2.29. The van der Waals surface area contributed by atoms with Crippen LogP contribution in [0.5, 0.6) is 0 Å². The van der Waals surface area contributed by atoms with E-state index in [1.807, 2.05) is 0 Å². The molecule has 0 saturated carbocycles. The Bertz CT molecular complexity index is 735. The molecule has 0 unspecified atom stereocenters. The number of allylic oxidation sites excluding steroid dienone is 18. The molecule has 0 spiro atoms. The second kappa shape index (κ2) is 4.64. The molecule has 4 rings (SSSR count). The molecule has 0 saturated heterocycles. The SMILES string of the molecule is C1=CC=C2C3=C(C=C/C=C\C=C/3)C3=CCCC(=C32)C=C1. The second-order valence-corrected chi connectivity index (χ2v) is 5.31. The van der Waals surface area contributed by atoms with Crippen molar-refractivity contribution in [2.24, 2.45) is 0 Å². The predicted molar refractivity (Wildman–Crippen MR) is 85.2 cm³/mol. The van der Waals surface area contributed by atoms with Crippen LogP contribution < -0.4 is 0 Å². The Balaban J connectivity index is 2.01. The van der Waals surface area contributed by atoms with Crippen LogP contribution in [0, 0.1) is 0 Å². The van der Waals surface area contributed by atoms with Gasteiger partial charge in [0.15, 0.2) is 0 Å². The Morgan fingerprint density at radius 1 is 0.650 bits per heavy atom. The summed E-state index contributed by atoms with van der Waals surface area (Å²) in [6, 6.07) is 0. The van der Waals surface area contributed by atoms with Crippen LogP contribution in [0.15, 0.2) is 106 Å². The molecule has 0 aromatic carbocycles. The lowest BCUT2D eigenvalue weighted by molar-refractivity contribution is 0.963. The quantitative estimate of drug-likeness (QED) is 0.569. The first-order valence-electron chi connectivity index (χ1n) is 7.21. The zero-order chi connectivity index (χ0) is 13.4. The predicted octanol–water partition coefficient (Wildman–Crippen LogP) is 5.05. The van der Waals surface area contributed by atoms with Crippen LogP contribution in [0.3, 0.4) is 0 Å². The minimum Gasteiger partial charge on any atom is -0.0757 e. The van der Waals surface area contributed by atoms with Crippen LogP contribution in [-0.2, 0) is 0 Å². The largest absolute Gasteiger partial charge is 0.0757 e. The van der Waals surface area contributed by atoms with Gasteiger partial charge in [0.25, 0.3) is 0 Å². The zero-order valence-electron chi connectivity index (χ0n) is 11.3. The van der Waals surface area contributed by atoms with E-state index in [1.165, 1.54) is 33.4 Å². The molecule has 96 valence electrons. The molecular weight excluding hydrogens is 240 g/mol. The van der Waals surface area contributed by atoms with Crippen molar-refractivity contribution in [1.82, 2.24) is 0 Å². The first-order chi connectivity index (χ1) is 9.95. The van der Waals surface area contributed by atoms with Gasteiger partial charge in [-0.15, -0.1) is 0 Å². The number of fused-ring (bicyclic) bond motifs is 2. The van der Waals surface area contributed by atoms with Crippen molar-refractivity contribution in [3.05, 3.63) is 106 Å². The molecule has 0 heterocycles. The summed E-state index contributed by atoms with van der Waals surface area (Å²) in [7, 11) is 0. The van der Waals surface area contributed by atoms with Gasteiger partial charge in [-0.2, -0.15) is 0 Å². The summed E-state index contributed by atoms with van der Waals surface area (Å²) in [5, 5.41) is 0. The molecule has 0 heteroatoms. The lowest BCUT2D eigenvalue weighted by Gasteiger charge is -2.17. The summed E-state index contributed by atoms with van der Waals surface area (Å²) >= 11 is 0. The van der Waals surface area contributed by atoms with Crippen molar-refractivity contribution in [2.75, 3.05) is 0 Å². The van der Waals surface area contributed by atoms with Crippen LogP contribution in [0.4, 0.5) is 0 Å². The fourth-order valence-electron chi connectivity index (χ4n) is 3.28. The Kier molecular flexibility index (Phi) is 2.67. The number of hydrogen-bond acceptors (Lipinski definition) is 0. The lowest BCUT2D eigenvalue weighted by atomic mass is 9.87. The van der Waals surface area contributed by atoms with Crippen LogP contribution in [0.2, 0.25) is 0 Å². The van der Waals surface area contributed by atoms with E-state index >= 15 is 0 Å². The summed E-state index contributed by atoms with van der Waals surface area (Å²) in [5.74, 6) is 0. The van der Waals surface area contributed by atoms with Crippen LogP contribution in [0.25, 0.3) is 0 Å². The Hall–Kier alpha value is -2.34. The fraction of sp³-hybridized carbons (Fsp3) is 0.100. The van der Waals surface area contributed by atoms with Gasteiger partial charge < -0.3 is 0 Å². The Morgan fingerprint density at radius 3 is 2.20 bits per heavy atom. The molecule has 0 radical (unpaired) electrons. The third-order valence-corrected chi connectivity index (χ3v) is 4.13. The highest BCUT2D eigenvalue weighted by molar-refractivity contribution is 5.80. The van der Waals surface area contributed by atoms with E-state index in [1.54, 1.807) is 0 Å². The Labute approximate surface area is 119 Å². The van der Waals surface area contributed by atoms with Crippen LogP contribution >= 0.6 is 0 Å². The average molecular weight is 256 g/mol. The smallest absolute Gasteiger partial charge is 0.00699 e. The molecular formula is C20H16. The summed E-state index contributed by atoms with van der Waals surface area (Å²) in [5.41, 5.74) is 8.43. The van der Waals surface area contributed by atoms with E-state index in [2.05, 4.69) is 72.9 Å². The molecule has 0 fully saturated rings. The maximum Gasteiger partial charge on any atom is -0.00699 e. The maximum absolute atomic E-state index is 2.40. The molecule has 4 aliphatic carbocycles. The zero-order valence-corrected chi connectivity index (χ0v) is 11.3. The van der Waals surface area contributed by atoms with Crippen molar-refractivity contribution in [2.45, 2.75) is 12.8 Å². The topological polar surface area (TPSA) is 0 Å². The van der Waals surface area contributed by atoms with Gasteiger partial charge in [-0.25, -0.2) is 0 Å². The summed E-state index contributed by atoms with van der Waals surface area (Å²) in [6.45, 7) is 0. The number of rotatable bonds is 0. The van der Waals surface area contributed by atoms with Crippen LogP contribution in [-0.4, -0.2) is 0 Å². The summed E-state index contributed by atoms with van der Waals surface area (Å²) in [4.78, 5) is 0. The normalized spacial score (nSPS) is 26.0. The summed E-state index contributed by atoms with van der Waals surface area (Å²) < 4.78 is 0. The first kappa shape index (κ1) is 11.5. The van der Waals surface area contributed by atoms with Gasteiger partial charge in [-0.3, -0.25) is 0 Å². The van der Waals surface area contributed by atoms with Gasteiger partial charge in [-0.05, 0) is 46.3 Å². The molecule has 0 nitrogen and oxygen atoms in total. The molecule has 0 aromatic rings. The Morgan fingerprint density at radius 2 is 1.35 bits per heavy atom. The van der Waals surface area contributed by atoms with Gasteiger partial charge in [0.05, 0.1) is 0 Å². The molecule has 0 aromatic heterocycles. The highest BCUT2D eigenvalue weighted by atomic mass is 14.3. The second-order valence-electron chi connectivity index (χ2n) is 5.31. The molecule has 0 atom stereocenters. The molecule has 0 bridgehead atoms. The van der Waals surface area contributed by atoms with E-state index in [0.29, 0.717) is 0 Å². The van der Waals surface area contributed by atoms with Crippen molar-refractivity contribution in [3.8, 4) is 0 Å². The van der Waals surface area contributed by atoms with Gasteiger partial charge in [0.1, 0.15) is 0 Å². The van der Waals surface area contributed by atoms with E-state index < -0.39 is 0 Å². The third-order valence-electron chi connectivity index (χ3n) is 4.13. The fourth-order valence-corrected chi connectivity index (χ4v) is 3.28. The minimum absolute atomic E-state index is 1.14. The van der Waals surface area contributed by atoms with E-state index in [-0.39, 0.29) is 0 Å². The van der Waals surface area contributed by atoms with E-state index in [0.717, 1.165) is 12.8 Å². The van der Waals surface area contributed by atoms with Crippen molar-refractivity contribution < 1.29 is 0 Å². The maximum atomic E-state index is 2.40. The number of hydrogen-bond donors (Lipinski definition) is 0. The average Bonchev–Trinajstić information content (AvgIpc) is 2.68.